The summed E-state index contributed by atoms with van der Waals surface area (Å²) in [7, 11) is 1.61. The van der Waals surface area contributed by atoms with Crippen molar-refractivity contribution in [3.05, 3.63) is 30.3 Å². The fourth-order valence-electron chi connectivity index (χ4n) is 3.14. The van der Waals surface area contributed by atoms with E-state index in [-0.39, 0.29) is 12.5 Å². The Morgan fingerprint density at radius 2 is 2.24 bits per heavy atom. The number of nitrogens with zero attached hydrogens (tertiary/aromatic N) is 4. The average molecular weight is 340 g/mol. The van der Waals surface area contributed by atoms with Gasteiger partial charge in [0, 0.05) is 23.9 Å². The van der Waals surface area contributed by atoms with Gasteiger partial charge in [-0.25, -0.2) is 0 Å². The van der Waals surface area contributed by atoms with Gasteiger partial charge in [-0.15, -0.1) is 0 Å². The van der Waals surface area contributed by atoms with Gasteiger partial charge in [0.2, 0.25) is 17.6 Å². The van der Waals surface area contributed by atoms with Crippen LogP contribution >= 0.6 is 0 Å². The summed E-state index contributed by atoms with van der Waals surface area (Å²) in [6, 6.07) is 5.85. The third kappa shape index (κ3) is 3.12. The van der Waals surface area contributed by atoms with Gasteiger partial charge in [-0.2, -0.15) is 10.1 Å². The van der Waals surface area contributed by atoms with Gasteiger partial charge in [0.1, 0.15) is 6.54 Å². The van der Waals surface area contributed by atoms with Gasteiger partial charge in [-0.05, 0) is 32.0 Å². The van der Waals surface area contributed by atoms with E-state index in [1.54, 1.807) is 17.9 Å². The zero-order valence-electron chi connectivity index (χ0n) is 14.0. The number of carbonyl (C=O) groups is 1. The third-order valence-electron chi connectivity index (χ3n) is 4.61. The van der Waals surface area contributed by atoms with Gasteiger partial charge in [0.25, 0.3) is 0 Å². The molecule has 25 heavy (non-hydrogen) atoms. The maximum atomic E-state index is 11.6. The van der Waals surface area contributed by atoms with Crippen molar-refractivity contribution in [1.82, 2.24) is 30.6 Å². The molecule has 1 fully saturated rings. The predicted octanol–water partition coefficient (Wildman–Crippen LogP) is 1.30. The maximum Gasteiger partial charge on any atom is 0.241 e. The van der Waals surface area contributed by atoms with Crippen LogP contribution in [0.3, 0.4) is 0 Å². The number of aromatic nitrogens is 4. The number of likely N-dealkylation sites (N-methyl/N-ethyl adjacent to an activating group) is 1. The molecule has 1 aromatic carbocycles. The van der Waals surface area contributed by atoms with Crippen molar-refractivity contribution in [2.45, 2.75) is 25.3 Å². The summed E-state index contributed by atoms with van der Waals surface area (Å²) in [5.41, 5.74) is 1.73. The quantitative estimate of drug-likeness (QED) is 0.743. The van der Waals surface area contributed by atoms with Crippen molar-refractivity contribution >= 4 is 16.8 Å². The van der Waals surface area contributed by atoms with Crippen molar-refractivity contribution in [1.29, 1.82) is 0 Å². The number of amides is 1. The largest absolute Gasteiger partial charge is 0.358 e. The Morgan fingerprint density at radius 3 is 3.04 bits per heavy atom. The zero-order chi connectivity index (χ0) is 17.2. The highest BCUT2D eigenvalue weighted by Gasteiger charge is 2.22. The van der Waals surface area contributed by atoms with Crippen LogP contribution in [0, 0.1) is 0 Å². The van der Waals surface area contributed by atoms with Gasteiger partial charge in [-0.3, -0.25) is 9.48 Å². The topological polar surface area (TPSA) is 97.9 Å². The molecule has 8 nitrogen and oxygen atoms in total. The summed E-state index contributed by atoms with van der Waals surface area (Å²) >= 11 is 0. The van der Waals surface area contributed by atoms with Crippen LogP contribution in [0.25, 0.3) is 22.3 Å². The van der Waals surface area contributed by atoms with E-state index in [0.29, 0.717) is 17.6 Å². The molecule has 3 heterocycles. The molecular weight excluding hydrogens is 320 g/mol. The number of carbonyl (C=O) groups excluding carboxylic acids is 1. The van der Waals surface area contributed by atoms with E-state index in [1.165, 1.54) is 0 Å². The van der Waals surface area contributed by atoms with Crippen molar-refractivity contribution in [3.63, 3.8) is 0 Å². The summed E-state index contributed by atoms with van der Waals surface area (Å²) in [6.45, 7) is 2.13. The van der Waals surface area contributed by atoms with E-state index in [1.807, 2.05) is 18.2 Å². The first-order valence-corrected chi connectivity index (χ1v) is 8.45. The highest BCUT2D eigenvalue weighted by Crippen LogP contribution is 2.27. The Balaban J connectivity index is 1.64. The average Bonchev–Trinajstić information content (AvgIpc) is 3.30. The molecule has 0 radical (unpaired) electrons. The first-order valence-electron chi connectivity index (χ1n) is 8.45. The highest BCUT2D eigenvalue weighted by atomic mass is 16.5. The predicted molar refractivity (Wildman–Crippen MR) is 91.9 cm³/mol. The SMILES string of the molecule is CNC(=O)Cn1ncc2ccc(-c3noc(C4CCNCC4)n3)cc21. The maximum absolute atomic E-state index is 11.6. The lowest BCUT2D eigenvalue weighted by molar-refractivity contribution is -0.121. The van der Waals surface area contributed by atoms with Crippen LogP contribution in [-0.4, -0.2) is 46.0 Å². The number of nitrogens with one attached hydrogen (secondary N) is 2. The highest BCUT2D eigenvalue weighted by molar-refractivity contribution is 5.85. The molecule has 4 rings (SSSR count). The van der Waals surface area contributed by atoms with Crippen LogP contribution in [-0.2, 0) is 11.3 Å². The molecule has 1 amide bonds. The van der Waals surface area contributed by atoms with Gasteiger partial charge in [0.15, 0.2) is 0 Å². The Hall–Kier alpha value is -2.74. The van der Waals surface area contributed by atoms with Crippen LogP contribution < -0.4 is 10.6 Å². The van der Waals surface area contributed by atoms with E-state index in [4.69, 9.17) is 4.52 Å². The molecule has 130 valence electrons. The van der Waals surface area contributed by atoms with Crippen molar-refractivity contribution in [2.75, 3.05) is 20.1 Å². The second-order valence-corrected chi connectivity index (χ2v) is 6.23. The van der Waals surface area contributed by atoms with Crippen LogP contribution in [0.5, 0.6) is 0 Å². The Labute approximate surface area is 144 Å². The minimum atomic E-state index is -0.0943. The molecule has 0 spiro atoms. The minimum Gasteiger partial charge on any atom is -0.358 e. The van der Waals surface area contributed by atoms with E-state index < -0.39 is 0 Å². The van der Waals surface area contributed by atoms with Crippen molar-refractivity contribution in [2.24, 2.45) is 0 Å². The summed E-state index contributed by atoms with van der Waals surface area (Å²) in [6.07, 6.45) is 3.78. The lowest BCUT2D eigenvalue weighted by Gasteiger charge is -2.18. The van der Waals surface area contributed by atoms with Crippen LogP contribution in [0.1, 0.15) is 24.7 Å². The fraction of sp³-hybridized carbons (Fsp3) is 0.412. The zero-order valence-corrected chi connectivity index (χ0v) is 14.0. The fourth-order valence-corrected chi connectivity index (χ4v) is 3.14. The lowest BCUT2D eigenvalue weighted by Crippen LogP contribution is -2.26. The molecule has 0 bridgehead atoms. The van der Waals surface area contributed by atoms with Crippen LogP contribution in [0.4, 0.5) is 0 Å². The number of hydrogen-bond donors (Lipinski definition) is 2. The van der Waals surface area contributed by atoms with E-state index in [9.17, 15) is 4.79 Å². The molecular formula is C17H20N6O2. The van der Waals surface area contributed by atoms with Crippen LogP contribution in [0.2, 0.25) is 0 Å². The molecule has 1 saturated heterocycles. The molecule has 3 aromatic rings. The smallest absolute Gasteiger partial charge is 0.241 e. The summed E-state index contributed by atoms with van der Waals surface area (Å²) in [4.78, 5) is 16.2. The minimum absolute atomic E-state index is 0.0943. The molecule has 2 N–H and O–H groups in total. The Kier molecular flexibility index (Phi) is 4.19. The second kappa shape index (κ2) is 6.64. The van der Waals surface area contributed by atoms with Crippen molar-refractivity contribution in [3.8, 4) is 11.4 Å². The molecule has 0 unspecified atom stereocenters. The molecule has 1 aliphatic rings. The Bertz CT molecular complexity index is 894. The van der Waals surface area contributed by atoms with E-state index in [0.717, 1.165) is 42.4 Å². The van der Waals surface area contributed by atoms with Gasteiger partial charge in [-0.1, -0.05) is 17.3 Å². The summed E-state index contributed by atoms with van der Waals surface area (Å²) in [5.74, 6) is 1.51. The number of rotatable bonds is 4. The number of hydrogen-bond acceptors (Lipinski definition) is 6. The molecule has 0 aliphatic carbocycles. The normalized spacial score (nSPS) is 15.6. The number of benzene rings is 1. The monoisotopic (exact) mass is 340 g/mol. The van der Waals surface area contributed by atoms with Gasteiger partial charge in [0.05, 0.1) is 11.7 Å². The molecule has 8 heteroatoms. The third-order valence-corrected chi connectivity index (χ3v) is 4.61. The molecule has 2 aromatic heterocycles. The second-order valence-electron chi connectivity index (χ2n) is 6.23. The van der Waals surface area contributed by atoms with Crippen molar-refractivity contribution < 1.29 is 9.32 Å². The van der Waals surface area contributed by atoms with Gasteiger partial charge >= 0.3 is 0 Å². The standard InChI is InChI=1S/C17H20N6O2/c1-18-15(24)10-23-14-8-12(2-3-13(14)9-20-23)16-21-17(25-22-16)11-4-6-19-7-5-11/h2-3,8-9,11,19H,4-7,10H2,1H3,(H,18,24). The van der Waals surface area contributed by atoms with E-state index >= 15 is 0 Å². The number of fused-ring (bicyclic) bond motifs is 1. The summed E-state index contributed by atoms with van der Waals surface area (Å²) < 4.78 is 7.16. The first kappa shape index (κ1) is 15.8. The van der Waals surface area contributed by atoms with Crippen LogP contribution in [0.15, 0.2) is 28.9 Å². The Morgan fingerprint density at radius 1 is 1.40 bits per heavy atom. The molecule has 0 atom stereocenters. The molecule has 0 saturated carbocycles. The first-order chi connectivity index (χ1) is 12.2. The number of piperidine rings is 1. The molecule has 1 aliphatic heterocycles. The summed E-state index contributed by atoms with van der Waals surface area (Å²) in [5, 5.41) is 15.3. The lowest BCUT2D eigenvalue weighted by atomic mass is 9.98. The van der Waals surface area contributed by atoms with E-state index in [2.05, 4.69) is 25.9 Å². The van der Waals surface area contributed by atoms with Gasteiger partial charge < -0.3 is 15.2 Å².